The van der Waals surface area contributed by atoms with Gasteiger partial charge in [0, 0.05) is 12.8 Å². The Balaban J connectivity index is 2.38. The third kappa shape index (κ3) is 1.21. The van der Waals surface area contributed by atoms with Crippen molar-refractivity contribution >= 4 is 0 Å². The first kappa shape index (κ1) is 6.11. The summed E-state index contributed by atoms with van der Waals surface area (Å²) >= 11 is 0. The Labute approximate surface area is 54.7 Å². The minimum absolute atomic E-state index is 0.128. The zero-order valence-electron chi connectivity index (χ0n) is 5.22. The van der Waals surface area contributed by atoms with Gasteiger partial charge < -0.3 is 0 Å². The summed E-state index contributed by atoms with van der Waals surface area (Å²) in [7, 11) is 0. The lowest BCUT2D eigenvalue weighted by atomic mass is 10.0. The van der Waals surface area contributed by atoms with E-state index >= 15 is 0 Å². The molecule has 0 unspecified atom stereocenters. The second kappa shape index (κ2) is 2.07. The van der Waals surface area contributed by atoms with Gasteiger partial charge in [-0.1, -0.05) is 0 Å². The fraction of sp³-hybridized carbons (Fsp3) is 0.714. The Bertz CT molecular complexity index is 160. The van der Waals surface area contributed by atoms with Crippen LogP contribution in [-0.4, -0.2) is 0 Å². The molecule has 1 aliphatic carbocycles. The molecule has 0 N–H and O–H groups in total. The molecule has 1 saturated carbocycles. The third-order valence-corrected chi connectivity index (χ3v) is 1.87. The Kier molecular flexibility index (Phi) is 1.40. The van der Waals surface area contributed by atoms with Crippen molar-refractivity contribution in [3.8, 4) is 12.1 Å². The van der Waals surface area contributed by atoms with E-state index in [1.165, 1.54) is 0 Å². The fourth-order valence-electron chi connectivity index (χ4n) is 0.928. The maximum Gasteiger partial charge on any atom is 0.0627 e. The highest BCUT2D eigenvalue weighted by Crippen LogP contribution is 2.51. The van der Waals surface area contributed by atoms with Gasteiger partial charge in [0.1, 0.15) is 0 Å². The van der Waals surface area contributed by atoms with Gasteiger partial charge in [-0.2, -0.15) is 10.5 Å². The first-order chi connectivity index (χ1) is 4.33. The van der Waals surface area contributed by atoms with Crippen LogP contribution in [-0.2, 0) is 0 Å². The van der Waals surface area contributed by atoms with Crippen molar-refractivity contribution in [2.75, 3.05) is 0 Å². The van der Waals surface area contributed by atoms with Crippen LogP contribution in [0.4, 0.5) is 0 Å². The zero-order valence-corrected chi connectivity index (χ0v) is 5.22. The standard InChI is InChI=1S/C7H8N2/c8-5-3-7(1-2-7)4-6-9/h1-4H2. The molecule has 0 atom stereocenters. The molecule has 0 aliphatic heterocycles. The molecule has 0 saturated heterocycles. The van der Waals surface area contributed by atoms with Gasteiger partial charge >= 0.3 is 0 Å². The summed E-state index contributed by atoms with van der Waals surface area (Å²) < 4.78 is 0. The van der Waals surface area contributed by atoms with Crippen LogP contribution in [0.5, 0.6) is 0 Å². The van der Waals surface area contributed by atoms with Crippen LogP contribution >= 0.6 is 0 Å². The van der Waals surface area contributed by atoms with Crippen LogP contribution in [0.15, 0.2) is 0 Å². The van der Waals surface area contributed by atoms with Crippen LogP contribution < -0.4 is 0 Å². The molecule has 0 spiro atoms. The summed E-state index contributed by atoms with van der Waals surface area (Å²) in [6, 6.07) is 4.21. The summed E-state index contributed by atoms with van der Waals surface area (Å²) in [6.45, 7) is 0. The monoisotopic (exact) mass is 120 g/mol. The molecule has 46 valence electrons. The molecule has 0 heterocycles. The molecular weight excluding hydrogens is 112 g/mol. The third-order valence-electron chi connectivity index (χ3n) is 1.87. The quantitative estimate of drug-likeness (QED) is 0.555. The van der Waals surface area contributed by atoms with Crippen molar-refractivity contribution in [1.82, 2.24) is 0 Å². The Morgan fingerprint density at radius 1 is 1.11 bits per heavy atom. The number of hydrogen-bond donors (Lipinski definition) is 0. The summed E-state index contributed by atoms with van der Waals surface area (Å²) in [5.74, 6) is 0. The van der Waals surface area contributed by atoms with Gasteiger partial charge in [0.15, 0.2) is 0 Å². The van der Waals surface area contributed by atoms with Crippen LogP contribution in [0.25, 0.3) is 0 Å². The fourth-order valence-corrected chi connectivity index (χ4v) is 0.928. The molecule has 0 amide bonds. The normalized spacial score (nSPS) is 19.8. The lowest BCUT2D eigenvalue weighted by Crippen LogP contribution is -1.95. The molecule has 0 aromatic heterocycles. The van der Waals surface area contributed by atoms with Gasteiger partial charge in [-0.25, -0.2) is 0 Å². The SMILES string of the molecule is N#CCC1(CC#N)CC1. The number of rotatable bonds is 2. The lowest BCUT2D eigenvalue weighted by Gasteiger charge is -2.00. The van der Waals surface area contributed by atoms with Gasteiger partial charge in [0.2, 0.25) is 0 Å². The first-order valence-corrected chi connectivity index (χ1v) is 3.07. The maximum atomic E-state index is 8.31. The minimum Gasteiger partial charge on any atom is -0.198 e. The van der Waals surface area contributed by atoms with Crippen LogP contribution in [0.3, 0.4) is 0 Å². The van der Waals surface area contributed by atoms with Crippen LogP contribution in [0.2, 0.25) is 0 Å². The van der Waals surface area contributed by atoms with Crippen LogP contribution in [0.1, 0.15) is 25.7 Å². The van der Waals surface area contributed by atoms with E-state index in [1.807, 2.05) is 0 Å². The highest BCUT2D eigenvalue weighted by atomic mass is 14.5. The Morgan fingerprint density at radius 3 is 1.78 bits per heavy atom. The minimum atomic E-state index is 0.128. The molecule has 0 aromatic rings. The van der Waals surface area contributed by atoms with Gasteiger partial charge in [0.05, 0.1) is 12.1 Å². The van der Waals surface area contributed by atoms with E-state index in [4.69, 9.17) is 10.5 Å². The second-order valence-electron chi connectivity index (χ2n) is 2.67. The van der Waals surface area contributed by atoms with Crippen molar-refractivity contribution in [3.63, 3.8) is 0 Å². The number of nitrogens with zero attached hydrogens (tertiary/aromatic N) is 2. The van der Waals surface area contributed by atoms with Crippen LogP contribution in [0, 0.1) is 28.1 Å². The molecule has 0 aromatic carbocycles. The average Bonchev–Trinajstić information content (AvgIpc) is 2.51. The smallest absolute Gasteiger partial charge is 0.0627 e. The molecule has 1 aliphatic rings. The average molecular weight is 120 g/mol. The predicted octanol–water partition coefficient (Wildman–Crippen LogP) is 1.59. The molecule has 0 bridgehead atoms. The molecule has 1 rings (SSSR count). The van der Waals surface area contributed by atoms with Gasteiger partial charge in [0.25, 0.3) is 0 Å². The molecule has 2 heteroatoms. The van der Waals surface area contributed by atoms with E-state index < -0.39 is 0 Å². The maximum absolute atomic E-state index is 8.31. The van der Waals surface area contributed by atoms with Crippen molar-refractivity contribution < 1.29 is 0 Å². The van der Waals surface area contributed by atoms with E-state index in [0.717, 1.165) is 12.8 Å². The van der Waals surface area contributed by atoms with E-state index in [1.54, 1.807) is 0 Å². The second-order valence-corrected chi connectivity index (χ2v) is 2.67. The van der Waals surface area contributed by atoms with Crippen molar-refractivity contribution in [2.24, 2.45) is 5.41 Å². The molecule has 0 radical (unpaired) electrons. The van der Waals surface area contributed by atoms with Crippen molar-refractivity contribution in [1.29, 1.82) is 10.5 Å². The molecule has 2 nitrogen and oxygen atoms in total. The highest BCUT2D eigenvalue weighted by Gasteiger charge is 2.41. The lowest BCUT2D eigenvalue weighted by molar-refractivity contribution is 0.539. The largest absolute Gasteiger partial charge is 0.198 e. The molecule has 1 fully saturated rings. The van der Waals surface area contributed by atoms with Crippen molar-refractivity contribution in [2.45, 2.75) is 25.7 Å². The van der Waals surface area contributed by atoms with Gasteiger partial charge in [-0.05, 0) is 18.3 Å². The predicted molar refractivity (Wildman–Crippen MR) is 32.1 cm³/mol. The zero-order chi connectivity index (χ0) is 6.74. The topological polar surface area (TPSA) is 47.6 Å². The van der Waals surface area contributed by atoms with E-state index in [2.05, 4.69) is 12.1 Å². The first-order valence-electron chi connectivity index (χ1n) is 3.07. The summed E-state index contributed by atoms with van der Waals surface area (Å²) in [6.07, 6.45) is 3.30. The summed E-state index contributed by atoms with van der Waals surface area (Å²) in [5.41, 5.74) is 0.128. The van der Waals surface area contributed by atoms with Gasteiger partial charge in [-0.15, -0.1) is 0 Å². The van der Waals surface area contributed by atoms with E-state index in [0.29, 0.717) is 12.8 Å². The molecule has 9 heavy (non-hydrogen) atoms. The molecular formula is C7H8N2. The Morgan fingerprint density at radius 2 is 1.56 bits per heavy atom. The van der Waals surface area contributed by atoms with Gasteiger partial charge in [-0.3, -0.25) is 0 Å². The van der Waals surface area contributed by atoms with E-state index in [-0.39, 0.29) is 5.41 Å². The van der Waals surface area contributed by atoms with E-state index in [9.17, 15) is 0 Å². The number of hydrogen-bond acceptors (Lipinski definition) is 2. The summed E-state index contributed by atoms with van der Waals surface area (Å²) in [4.78, 5) is 0. The Hall–Kier alpha value is -1.02. The highest BCUT2D eigenvalue weighted by molar-refractivity contribution is 5.03. The number of nitriles is 2. The summed E-state index contributed by atoms with van der Waals surface area (Å²) in [5, 5.41) is 16.6. The van der Waals surface area contributed by atoms with Crippen molar-refractivity contribution in [3.05, 3.63) is 0 Å².